The number of phenols is 3. The normalized spacial score (nSPS) is 10.9. The number of carbonyl (C=O) groups excluding carboxylic acids is 1. The first-order chi connectivity index (χ1) is 11.9. The molecule has 0 fully saturated rings. The van der Waals surface area contributed by atoms with Gasteiger partial charge in [-0.2, -0.15) is 0 Å². The number of hydrogen-bond acceptors (Lipinski definition) is 5. The summed E-state index contributed by atoms with van der Waals surface area (Å²) in [5.74, 6) is -1.31. The minimum atomic E-state index is -0.815. The van der Waals surface area contributed by atoms with Gasteiger partial charge in [0, 0.05) is 18.1 Å². The molecule has 0 bridgehead atoms. The van der Waals surface area contributed by atoms with Crippen LogP contribution in [0.3, 0.4) is 0 Å². The van der Waals surface area contributed by atoms with Crippen LogP contribution >= 0.6 is 0 Å². The summed E-state index contributed by atoms with van der Waals surface area (Å²) in [5.41, 5.74) is 5.66. The summed E-state index contributed by atoms with van der Waals surface area (Å²) in [6, 6.07) is 8.91. The minimum absolute atomic E-state index is 0.0475. The Balaban J connectivity index is 2.11. The molecule has 1 aromatic heterocycles. The van der Waals surface area contributed by atoms with Crippen molar-refractivity contribution in [2.75, 3.05) is 0 Å². The average Bonchev–Trinajstić information content (AvgIpc) is 2.58. The molecule has 0 aliphatic heterocycles. The van der Waals surface area contributed by atoms with Crippen molar-refractivity contribution < 1.29 is 20.1 Å². The van der Waals surface area contributed by atoms with Gasteiger partial charge in [-0.3, -0.25) is 9.59 Å². The molecule has 0 aliphatic rings. The predicted octanol–water partition coefficient (Wildman–Crippen LogP) is 1.46. The number of fused-ring (bicyclic) bond motifs is 1. The number of primary amides is 1. The second-order valence-corrected chi connectivity index (χ2v) is 5.68. The number of pyridine rings is 1. The van der Waals surface area contributed by atoms with E-state index in [1.54, 1.807) is 12.1 Å². The van der Waals surface area contributed by atoms with Crippen LogP contribution in [-0.2, 0) is 13.0 Å². The Kier molecular flexibility index (Phi) is 4.06. The van der Waals surface area contributed by atoms with Crippen LogP contribution in [-0.4, -0.2) is 25.8 Å². The molecule has 3 rings (SSSR count). The molecule has 128 valence electrons. The number of carbonyl (C=O) groups is 1. The van der Waals surface area contributed by atoms with E-state index in [2.05, 4.69) is 0 Å². The number of nitrogens with zero attached hydrogens (tertiary/aromatic N) is 1. The van der Waals surface area contributed by atoms with Gasteiger partial charge in [-0.1, -0.05) is 12.1 Å². The number of phenolic OH excluding ortho intramolecular Hbond substituents is 3. The van der Waals surface area contributed by atoms with E-state index in [0.717, 1.165) is 5.56 Å². The molecule has 0 saturated heterocycles. The molecule has 0 atom stereocenters. The number of aromatic nitrogens is 1. The van der Waals surface area contributed by atoms with E-state index in [1.807, 2.05) is 0 Å². The highest BCUT2D eigenvalue weighted by molar-refractivity contribution is 6.09. The highest BCUT2D eigenvalue weighted by Crippen LogP contribution is 2.31. The first kappa shape index (κ1) is 16.4. The molecule has 1 heterocycles. The Labute approximate surface area is 142 Å². The fraction of sp³-hybridized carbons (Fsp3) is 0.111. The zero-order chi connectivity index (χ0) is 18.1. The zero-order valence-electron chi connectivity index (χ0n) is 13.1. The molecule has 25 heavy (non-hydrogen) atoms. The highest BCUT2D eigenvalue weighted by atomic mass is 16.3. The fourth-order valence-corrected chi connectivity index (χ4v) is 2.76. The third-order valence-corrected chi connectivity index (χ3v) is 4.03. The van der Waals surface area contributed by atoms with E-state index < -0.39 is 11.5 Å². The largest absolute Gasteiger partial charge is 0.508 e. The maximum absolute atomic E-state index is 12.7. The third kappa shape index (κ3) is 2.99. The molecular weight excluding hydrogens is 324 g/mol. The molecule has 0 spiro atoms. The quantitative estimate of drug-likeness (QED) is 0.535. The van der Waals surface area contributed by atoms with Crippen molar-refractivity contribution in [3.63, 3.8) is 0 Å². The zero-order valence-corrected chi connectivity index (χ0v) is 13.1. The van der Waals surface area contributed by atoms with Gasteiger partial charge >= 0.3 is 0 Å². The lowest BCUT2D eigenvalue weighted by Crippen LogP contribution is -2.25. The maximum Gasteiger partial charge on any atom is 0.262 e. The van der Waals surface area contributed by atoms with E-state index >= 15 is 0 Å². The van der Waals surface area contributed by atoms with Gasteiger partial charge in [0.15, 0.2) is 0 Å². The van der Waals surface area contributed by atoms with Crippen LogP contribution in [0.5, 0.6) is 17.2 Å². The van der Waals surface area contributed by atoms with Crippen molar-refractivity contribution in [2.24, 2.45) is 5.73 Å². The van der Waals surface area contributed by atoms with E-state index in [1.165, 1.54) is 35.0 Å². The Morgan fingerprint density at radius 3 is 2.16 bits per heavy atom. The molecule has 2 aromatic carbocycles. The number of aromatic hydroxyl groups is 3. The van der Waals surface area contributed by atoms with E-state index in [4.69, 9.17) is 5.73 Å². The van der Waals surface area contributed by atoms with Crippen LogP contribution in [0.2, 0.25) is 0 Å². The first-order valence-electron chi connectivity index (χ1n) is 7.54. The Bertz CT molecular complexity index is 1020. The summed E-state index contributed by atoms with van der Waals surface area (Å²) in [7, 11) is 0. The molecule has 0 saturated carbocycles. The van der Waals surface area contributed by atoms with Gasteiger partial charge in [0.05, 0.1) is 10.9 Å². The molecule has 0 radical (unpaired) electrons. The summed E-state index contributed by atoms with van der Waals surface area (Å²) in [6.45, 7) is 0.231. The van der Waals surface area contributed by atoms with E-state index in [-0.39, 0.29) is 40.1 Å². The van der Waals surface area contributed by atoms with Crippen LogP contribution in [0.25, 0.3) is 10.8 Å². The van der Waals surface area contributed by atoms with Crippen molar-refractivity contribution in [3.8, 4) is 17.2 Å². The molecule has 0 unspecified atom stereocenters. The molecule has 1 amide bonds. The topological polar surface area (TPSA) is 126 Å². The molecule has 3 aromatic rings. The summed E-state index contributed by atoms with van der Waals surface area (Å²) in [4.78, 5) is 24.4. The van der Waals surface area contributed by atoms with Crippen molar-refractivity contribution in [1.82, 2.24) is 4.57 Å². The number of aryl methyl sites for hydroxylation is 2. The van der Waals surface area contributed by atoms with Gasteiger partial charge in [-0.05, 0) is 36.2 Å². The number of rotatable bonds is 4. The van der Waals surface area contributed by atoms with Gasteiger partial charge in [0.2, 0.25) is 0 Å². The highest BCUT2D eigenvalue weighted by Gasteiger charge is 2.18. The van der Waals surface area contributed by atoms with Gasteiger partial charge in [-0.25, -0.2) is 0 Å². The SMILES string of the molecule is NC(=O)c1cn(CCc2ccc(O)cc2)c(=O)c2c(O)ccc(O)c12. The van der Waals surface area contributed by atoms with E-state index in [9.17, 15) is 24.9 Å². The smallest absolute Gasteiger partial charge is 0.262 e. The van der Waals surface area contributed by atoms with Gasteiger partial charge in [0.25, 0.3) is 11.5 Å². The van der Waals surface area contributed by atoms with Crippen LogP contribution in [0.15, 0.2) is 47.4 Å². The lowest BCUT2D eigenvalue weighted by Gasteiger charge is -2.12. The van der Waals surface area contributed by atoms with Crippen molar-refractivity contribution >= 4 is 16.7 Å². The first-order valence-corrected chi connectivity index (χ1v) is 7.54. The Morgan fingerprint density at radius 2 is 1.56 bits per heavy atom. The van der Waals surface area contributed by atoms with Gasteiger partial charge < -0.3 is 25.6 Å². The average molecular weight is 340 g/mol. The molecule has 7 nitrogen and oxygen atoms in total. The number of nitrogens with two attached hydrogens (primary N) is 1. The second-order valence-electron chi connectivity index (χ2n) is 5.68. The van der Waals surface area contributed by atoms with Crippen LogP contribution in [0.1, 0.15) is 15.9 Å². The summed E-state index contributed by atoms with van der Waals surface area (Å²) in [5, 5.41) is 29.1. The third-order valence-electron chi connectivity index (χ3n) is 4.03. The van der Waals surface area contributed by atoms with Crippen molar-refractivity contribution in [2.45, 2.75) is 13.0 Å². The standard InChI is InChI=1S/C18H16N2O5/c19-17(24)12-9-20(8-7-10-1-3-11(21)4-2-10)18(25)16-14(23)6-5-13(22)15(12)16/h1-6,9,21-23H,7-8H2,(H2,19,24). The minimum Gasteiger partial charge on any atom is -0.508 e. The maximum atomic E-state index is 12.7. The summed E-state index contributed by atoms with van der Waals surface area (Å²) < 4.78 is 1.27. The number of amides is 1. The molecular formula is C18H16N2O5. The molecule has 5 N–H and O–H groups in total. The van der Waals surface area contributed by atoms with Crippen molar-refractivity contribution in [1.29, 1.82) is 0 Å². The van der Waals surface area contributed by atoms with Crippen LogP contribution < -0.4 is 11.3 Å². The molecule has 0 aliphatic carbocycles. The van der Waals surface area contributed by atoms with Gasteiger partial charge in [-0.15, -0.1) is 0 Å². The lowest BCUT2D eigenvalue weighted by molar-refractivity contribution is 0.100. The second kappa shape index (κ2) is 6.20. The van der Waals surface area contributed by atoms with Gasteiger partial charge in [0.1, 0.15) is 17.2 Å². The van der Waals surface area contributed by atoms with Crippen LogP contribution in [0, 0.1) is 0 Å². The monoisotopic (exact) mass is 340 g/mol. The summed E-state index contributed by atoms with van der Waals surface area (Å²) >= 11 is 0. The van der Waals surface area contributed by atoms with Crippen molar-refractivity contribution in [3.05, 3.63) is 64.1 Å². The number of hydrogen-bond donors (Lipinski definition) is 4. The fourth-order valence-electron chi connectivity index (χ4n) is 2.76. The number of benzene rings is 2. The lowest BCUT2D eigenvalue weighted by atomic mass is 10.0. The summed E-state index contributed by atoms with van der Waals surface area (Å²) in [6.07, 6.45) is 1.75. The molecule has 7 heteroatoms. The van der Waals surface area contributed by atoms with E-state index in [0.29, 0.717) is 6.42 Å². The Hall–Kier alpha value is -3.48. The Morgan fingerprint density at radius 1 is 0.960 bits per heavy atom. The van der Waals surface area contributed by atoms with Crippen LogP contribution in [0.4, 0.5) is 0 Å². The predicted molar refractivity (Wildman–Crippen MR) is 91.9 cm³/mol.